The molecule has 1 aromatic rings. The molecule has 0 heterocycles. The zero-order valence-electron chi connectivity index (χ0n) is 12.4. The van der Waals surface area contributed by atoms with E-state index in [4.69, 9.17) is 9.84 Å². The molecule has 1 N–H and O–H groups in total. The number of benzene rings is 1. The van der Waals surface area contributed by atoms with Gasteiger partial charge in [-0.1, -0.05) is 45.4 Å². The van der Waals surface area contributed by atoms with Crippen LogP contribution in [0.25, 0.3) is 0 Å². The third-order valence-electron chi connectivity index (χ3n) is 3.34. The van der Waals surface area contributed by atoms with Crippen molar-refractivity contribution in [3.8, 4) is 5.75 Å². The summed E-state index contributed by atoms with van der Waals surface area (Å²) in [7, 11) is 0. The van der Waals surface area contributed by atoms with Gasteiger partial charge in [0.25, 0.3) is 0 Å². The first-order chi connectivity index (χ1) is 9.77. The van der Waals surface area contributed by atoms with Crippen LogP contribution in [-0.2, 0) is 0 Å². The Morgan fingerprint density at radius 2 is 1.60 bits per heavy atom. The Hall–Kier alpha value is -1.35. The maximum Gasteiger partial charge on any atom is 0.188 e. The molecule has 20 heavy (non-hydrogen) atoms. The normalized spacial score (nSPS) is 10.5. The highest BCUT2D eigenvalue weighted by Crippen LogP contribution is 2.14. The van der Waals surface area contributed by atoms with Crippen molar-refractivity contribution in [1.82, 2.24) is 0 Å². The van der Waals surface area contributed by atoms with Crippen molar-refractivity contribution in [3.05, 3.63) is 29.8 Å². The summed E-state index contributed by atoms with van der Waals surface area (Å²) < 4.78 is 5.63. The lowest BCUT2D eigenvalue weighted by Gasteiger charge is -2.06. The zero-order chi connectivity index (χ0) is 14.6. The predicted molar refractivity (Wildman–Crippen MR) is 81.3 cm³/mol. The summed E-state index contributed by atoms with van der Waals surface area (Å²) in [6.07, 6.45) is 8.87. The molecule has 0 amide bonds. The quantitative estimate of drug-likeness (QED) is 0.492. The number of hydrogen-bond donors (Lipinski definition) is 1. The van der Waals surface area contributed by atoms with Gasteiger partial charge in [0.15, 0.2) is 5.78 Å². The number of carbonyl (C=O) groups excluding carboxylic acids is 1. The first kappa shape index (κ1) is 16.7. The van der Waals surface area contributed by atoms with Gasteiger partial charge in [-0.15, -0.1) is 0 Å². The number of rotatable bonds is 11. The molecule has 112 valence electrons. The van der Waals surface area contributed by atoms with E-state index < -0.39 is 6.61 Å². The van der Waals surface area contributed by atoms with Crippen LogP contribution in [-0.4, -0.2) is 24.1 Å². The second kappa shape index (κ2) is 10.4. The molecular weight excluding hydrogens is 252 g/mol. The second-order valence-corrected chi connectivity index (χ2v) is 5.08. The molecule has 0 aromatic heterocycles. The molecule has 3 heteroatoms. The monoisotopic (exact) mass is 278 g/mol. The molecule has 0 aliphatic carbocycles. The van der Waals surface area contributed by atoms with Gasteiger partial charge in [-0.2, -0.15) is 0 Å². The van der Waals surface area contributed by atoms with Crippen molar-refractivity contribution in [2.24, 2.45) is 0 Å². The fourth-order valence-corrected chi connectivity index (χ4v) is 2.08. The van der Waals surface area contributed by atoms with E-state index in [-0.39, 0.29) is 5.78 Å². The lowest BCUT2D eigenvalue weighted by atomic mass is 10.1. The smallest absolute Gasteiger partial charge is 0.188 e. The minimum atomic E-state index is -0.446. The summed E-state index contributed by atoms with van der Waals surface area (Å²) in [6, 6.07) is 6.95. The van der Waals surface area contributed by atoms with Gasteiger partial charge < -0.3 is 9.84 Å². The largest absolute Gasteiger partial charge is 0.494 e. The summed E-state index contributed by atoms with van der Waals surface area (Å²) >= 11 is 0. The molecule has 0 aliphatic heterocycles. The van der Waals surface area contributed by atoms with Gasteiger partial charge in [-0.25, -0.2) is 0 Å². The Bertz CT molecular complexity index is 370. The number of hydrogen-bond acceptors (Lipinski definition) is 3. The lowest BCUT2D eigenvalue weighted by molar-refractivity contribution is 0.0903. The Morgan fingerprint density at radius 3 is 2.20 bits per heavy atom. The maximum absolute atomic E-state index is 11.2. The summed E-state index contributed by atoms with van der Waals surface area (Å²) in [5, 5.41) is 8.75. The molecule has 0 atom stereocenters. The van der Waals surface area contributed by atoms with Crippen molar-refractivity contribution >= 4 is 5.78 Å². The van der Waals surface area contributed by atoms with Crippen molar-refractivity contribution in [2.45, 2.75) is 51.9 Å². The van der Waals surface area contributed by atoms with E-state index in [1.165, 1.54) is 38.5 Å². The zero-order valence-corrected chi connectivity index (χ0v) is 12.4. The van der Waals surface area contributed by atoms with Crippen LogP contribution in [0.2, 0.25) is 0 Å². The van der Waals surface area contributed by atoms with E-state index in [0.717, 1.165) is 18.8 Å². The number of aliphatic hydroxyl groups excluding tert-OH is 1. The highest BCUT2D eigenvalue weighted by molar-refractivity contribution is 5.96. The van der Waals surface area contributed by atoms with E-state index in [1.54, 1.807) is 24.3 Å². The summed E-state index contributed by atoms with van der Waals surface area (Å²) in [4.78, 5) is 11.2. The molecule has 0 spiro atoms. The van der Waals surface area contributed by atoms with Crippen molar-refractivity contribution in [3.63, 3.8) is 0 Å². The van der Waals surface area contributed by atoms with Gasteiger partial charge in [0.05, 0.1) is 6.61 Å². The van der Waals surface area contributed by atoms with Crippen molar-refractivity contribution in [2.75, 3.05) is 13.2 Å². The molecule has 0 radical (unpaired) electrons. The Balaban J connectivity index is 2.11. The first-order valence-electron chi connectivity index (χ1n) is 7.65. The van der Waals surface area contributed by atoms with Crippen LogP contribution in [0.5, 0.6) is 5.75 Å². The molecule has 0 saturated heterocycles. The minimum absolute atomic E-state index is 0.261. The number of Topliss-reactive ketones (excluding diaryl/α,β-unsaturated/α-hetero) is 1. The van der Waals surface area contributed by atoms with E-state index in [1.807, 2.05) is 0 Å². The molecule has 0 bridgehead atoms. The highest BCUT2D eigenvalue weighted by Gasteiger charge is 2.03. The van der Waals surface area contributed by atoms with E-state index in [2.05, 4.69) is 6.92 Å². The number of ketones is 1. The van der Waals surface area contributed by atoms with E-state index >= 15 is 0 Å². The Labute approximate surface area is 122 Å². The molecule has 1 rings (SSSR count). The predicted octanol–water partition coefficient (Wildman–Crippen LogP) is 3.99. The fourth-order valence-electron chi connectivity index (χ4n) is 2.08. The van der Waals surface area contributed by atoms with E-state index in [9.17, 15) is 4.79 Å². The van der Waals surface area contributed by atoms with Gasteiger partial charge >= 0.3 is 0 Å². The van der Waals surface area contributed by atoms with Gasteiger partial charge in [-0.3, -0.25) is 4.79 Å². The molecular formula is C17H26O3. The topological polar surface area (TPSA) is 46.5 Å². The molecule has 0 saturated carbocycles. The number of carbonyl (C=O) groups is 1. The minimum Gasteiger partial charge on any atom is -0.494 e. The molecule has 1 aromatic carbocycles. The van der Waals surface area contributed by atoms with Crippen LogP contribution in [0.1, 0.15) is 62.2 Å². The third-order valence-corrected chi connectivity index (χ3v) is 3.34. The Kier molecular flexibility index (Phi) is 8.72. The molecule has 0 fully saturated rings. The van der Waals surface area contributed by atoms with Gasteiger partial charge in [0.1, 0.15) is 12.4 Å². The van der Waals surface area contributed by atoms with Crippen LogP contribution in [0.15, 0.2) is 24.3 Å². The van der Waals surface area contributed by atoms with Crippen LogP contribution in [0, 0.1) is 0 Å². The molecule has 0 aliphatic rings. The van der Waals surface area contributed by atoms with Crippen molar-refractivity contribution < 1.29 is 14.6 Å². The van der Waals surface area contributed by atoms with Crippen LogP contribution in [0.3, 0.4) is 0 Å². The lowest BCUT2D eigenvalue weighted by Crippen LogP contribution is -2.04. The number of aliphatic hydroxyl groups is 1. The average molecular weight is 278 g/mol. The first-order valence-corrected chi connectivity index (χ1v) is 7.65. The summed E-state index contributed by atoms with van der Waals surface area (Å²) in [6.45, 7) is 2.51. The van der Waals surface area contributed by atoms with Gasteiger partial charge in [0.2, 0.25) is 0 Å². The SMILES string of the molecule is CCCCCCCCCOc1ccc(C(=O)CO)cc1. The summed E-state index contributed by atoms with van der Waals surface area (Å²) in [5.74, 6) is 0.522. The molecule has 0 unspecified atom stereocenters. The van der Waals surface area contributed by atoms with Gasteiger partial charge in [0, 0.05) is 5.56 Å². The fraction of sp³-hybridized carbons (Fsp3) is 0.588. The standard InChI is InChI=1S/C17H26O3/c1-2-3-4-5-6-7-8-13-20-16-11-9-15(10-12-16)17(19)14-18/h9-12,18H,2-8,13-14H2,1H3. The number of unbranched alkanes of at least 4 members (excludes halogenated alkanes) is 6. The highest BCUT2D eigenvalue weighted by atomic mass is 16.5. The van der Waals surface area contributed by atoms with E-state index in [0.29, 0.717) is 5.56 Å². The second-order valence-electron chi connectivity index (χ2n) is 5.08. The van der Waals surface area contributed by atoms with Crippen LogP contribution >= 0.6 is 0 Å². The van der Waals surface area contributed by atoms with Crippen molar-refractivity contribution in [1.29, 1.82) is 0 Å². The number of ether oxygens (including phenoxy) is 1. The average Bonchev–Trinajstić information content (AvgIpc) is 2.50. The third kappa shape index (κ3) is 6.71. The molecule has 3 nitrogen and oxygen atoms in total. The maximum atomic E-state index is 11.2. The van der Waals surface area contributed by atoms with Gasteiger partial charge in [-0.05, 0) is 30.7 Å². The van der Waals surface area contributed by atoms with Crippen LogP contribution in [0.4, 0.5) is 0 Å². The van der Waals surface area contributed by atoms with Crippen LogP contribution < -0.4 is 4.74 Å². The summed E-state index contributed by atoms with van der Waals surface area (Å²) in [5.41, 5.74) is 0.524. The Morgan fingerprint density at radius 1 is 1.00 bits per heavy atom.